The Morgan fingerprint density at radius 3 is 1.96 bits per heavy atom. The van der Waals surface area contributed by atoms with Gasteiger partial charge in [0.05, 0.1) is 0 Å². The number of nitrogens with zero attached hydrogens (tertiary/aromatic N) is 1. The standard InChI is InChI=1S/C16H28NO2.C3H7.Y/c1-12(2)13(18)15(3,4)11-16(5,6)14(19)17-9-7-8-10-17;1-3-2;/h7,12H,8-11H2,1-6H3;3H,1-2H3;/q2*-1;. The first-order valence-corrected chi connectivity index (χ1v) is 8.39. The van der Waals surface area contributed by atoms with Crippen LogP contribution in [0.15, 0.2) is 0 Å². The van der Waals surface area contributed by atoms with Gasteiger partial charge >= 0.3 is 0 Å². The van der Waals surface area contributed by atoms with Crippen LogP contribution in [0.25, 0.3) is 0 Å². The van der Waals surface area contributed by atoms with E-state index in [1.54, 1.807) is 0 Å². The average Bonchev–Trinajstić information content (AvgIpc) is 2.90. The second kappa shape index (κ2) is 11.0. The molecule has 1 radical (unpaired) electrons. The van der Waals surface area contributed by atoms with E-state index in [0.29, 0.717) is 6.42 Å². The van der Waals surface area contributed by atoms with Crippen molar-refractivity contribution >= 4 is 11.7 Å². The van der Waals surface area contributed by atoms with E-state index in [1.165, 1.54) is 0 Å². The summed E-state index contributed by atoms with van der Waals surface area (Å²) in [5.74, 6) is 0.424. The summed E-state index contributed by atoms with van der Waals surface area (Å²) in [6.07, 6.45) is 5.72. The fourth-order valence-corrected chi connectivity index (χ4v) is 3.25. The number of carbonyl (C=O) groups excluding carboxylic acids is 2. The first-order valence-electron chi connectivity index (χ1n) is 8.39. The second-order valence-electron chi connectivity index (χ2n) is 7.87. The largest absolute Gasteiger partial charge is 0.375 e. The van der Waals surface area contributed by atoms with Crippen molar-refractivity contribution in [1.29, 1.82) is 0 Å². The van der Waals surface area contributed by atoms with Crippen LogP contribution in [0.3, 0.4) is 0 Å². The molecule has 23 heavy (non-hydrogen) atoms. The van der Waals surface area contributed by atoms with Gasteiger partial charge in [0.1, 0.15) is 5.78 Å². The molecule has 1 aliphatic rings. The maximum atomic E-state index is 12.5. The van der Waals surface area contributed by atoms with Gasteiger partial charge in [-0.1, -0.05) is 41.5 Å². The van der Waals surface area contributed by atoms with E-state index in [9.17, 15) is 9.59 Å². The summed E-state index contributed by atoms with van der Waals surface area (Å²) in [7, 11) is 0. The van der Waals surface area contributed by atoms with E-state index in [2.05, 4.69) is 6.42 Å². The molecule has 0 aromatic heterocycles. The molecular formula is C19H35NO2Y-2. The predicted molar refractivity (Wildman–Crippen MR) is 93.2 cm³/mol. The average molecular weight is 398 g/mol. The number of rotatable bonds is 5. The Hall–Kier alpha value is 0.244. The number of ketones is 1. The van der Waals surface area contributed by atoms with E-state index in [0.717, 1.165) is 19.5 Å². The van der Waals surface area contributed by atoms with Gasteiger partial charge in [-0.25, -0.2) is 0 Å². The number of hydrogen-bond donors (Lipinski definition) is 0. The number of hydrogen-bond acceptors (Lipinski definition) is 2. The van der Waals surface area contributed by atoms with Crippen LogP contribution in [0.5, 0.6) is 0 Å². The maximum Gasteiger partial charge on any atom is 0.225 e. The smallest absolute Gasteiger partial charge is 0.225 e. The molecule has 1 fully saturated rings. The minimum absolute atomic E-state index is 0. The molecule has 1 heterocycles. The topological polar surface area (TPSA) is 37.4 Å². The SMILES string of the molecule is CC(C)C(=O)C(C)(C)CC(C)(C)C(=O)N1C[CH-]CC1.C[CH-]C.[Y]. The van der Waals surface area contributed by atoms with Gasteiger partial charge < -0.3 is 17.7 Å². The molecule has 133 valence electrons. The Morgan fingerprint density at radius 2 is 1.61 bits per heavy atom. The molecule has 0 spiro atoms. The Bertz CT molecular complexity index is 370. The normalized spacial score (nSPS) is 14.9. The molecular weight excluding hydrogens is 363 g/mol. The molecule has 1 saturated heterocycles. The minimum atomic E-state index is -0.480. The summed E-state index contributed by atoms with van der Waals surface area (Å²) in [5.41, 5.74) is -0.928. The zero-order valence-electron chi connectivity index (χ0n) is 16.4. The van der Waals surface area contributed by atoms with Crippen molar-refractivity contribution in [3.8, 4) is 0 Å². The molecule has 0 saturated carbocycles. The zero-order valence-corrected chi connectivity index (χ0v) is 19.2. The van der Waals surface area contributed by atoms with Crippen LogP contribution in [-0.4, -0.2) is 29.7 Å². The van der Waals surface area contributed by atoms with Crippen LogP contribution in [0.2, 0.25) is 0 Å². The van der Waals surface area contributed by atoms with Crippen molar-refractivity contribution in [2.75, 3.05) is 13.1 Å². The first kappa shape index (κ1) is 25.5. The van der Waals surface area contributed by atoms with Gasteiger partial charge in [0.15, 0.2) is 0 Å². The van der Waals surface area contributed by atoms with Crippen LogP contribution in [0, 0.1) is 29.6 Å². The van der Waals surface area contributed by atoms with Crippen molar-refractivity contribution < 1.29 is 42.3 Å². The Labute approximate surface area is 169 Å². The Morgan fingerprint density at radius 1 is 1.13 bits per heavy atom. The van der Waals surface area contributed by atoms with Gasteiger partial charge in [0, 0.05) is 49.5 Å². The van der Waals surface area contributed by atoms with Crippen LogP contribution in [0.4, 0.5) is 0 Å². The molecule has 1 rings (SSSR count). The number of Topliss-reactive ketones (excluding diaryl/α,β-unsaturated/α-hetero) is 1. The molecule has 0 aromatic rings. The Balaban J connectivity index is 0. The summed E-state index contributed by atoms with van der Waals surface area (Å²) in [6, 6.07) is 0. The number of likely N-dealkylation sites (tertiary alicyclic amines) is 1. The predicted octanol–water partition coefficient (Wildman–Crippen LogP) is 4.32. The van der Waals surface area contributed by atoms with E-state index in [4.69, 9.17) is 0 Å². The molecule has 1 aliphatic heterocycles. The molecule has 0 aliphatic carbocycles. The van der Waals surface area contributed by atoms with Crippen molar-refractivity contribution in [2.45, 2.75) is 68.2 Å². The van der Waals surface area contributed by atoms with Gasteiger partial charge in [-0.3, -0.25) is 9.59 Å². The van der Waals surface area contributed by atoms with Crippen LogP contribution in [-0.2, 0) is 42.3 Å². The van der Waals surface area contributed by atoms with E-state index >= 15 is 0 Å². The van der Waals surface area contributed by atoms with Gasteiger partial charge in [0.25, 0.3) is 0 Å². The van der Waals surface area contributed by atoms with E-state index in [-0.39, 0.29) is 50.3 Å². The van der Waals surface area contributed by atoms with Gasteiger partial charge in [0.2, 0.25) is 5.91 Å². The third kappa shape index (κ3) is 8.25. The van der Waals surface area contributed by atoms with Crippen LogP contribution in [0.1, 0.15) is 68.2 Å². The fraction of sp³-hybridized carbons (Fsp3) is 0.789. The fourth-order valence-electron chi connectivity index (χ4n) is 3.25. The zero-order chi connectivity index (χ0) is 17.6. The van der Waals surface area contributed by atoms with Crippen molar-refractivity contribution in [3.63, 3.8) is 0 Å². The van der Waals surface area contributed by atoms with Crippen molar-refractivity contribution in [2.24, 2.45) is 16.7 Å². The van der Waals surface area contributed by atoms with E-state index in [1.807, 2.05) is 66.7 Å². The minimum Gasteiger partial charge on any atom is -0.375 e. The third-order valence-electron chi connectivity index (χ3n) is 3.89. The molecule has 1 amide bonds. The molecule has 0 bridgehead atoms. The monoisotopic (exact) mass is 398 g/mol. The van der Waals surface area contributed by atoms with Gasteiger partial charge in [-0.05, 0) is 13.0 Å². The molecule has 3 nitrogen and oxygen atoms in total. The molecule has 0 aromatic carbocycles. The van der Waals surface area contributed by atoms with Crippen LogP contribution >= 0.6 is 0 Å². The molecule has 0 N–H and O–H groups in total. The number of amides is 1. The van der Waals surface area contributed by atoms with Crippen LogP contribution < -0.4 is 0 Å². The third-order valence-corrected chi connectivity index (χ3v) is 3.89. The maximum absolute atomic E-state index is 12.5. The summed E-state index contributed by atoms with van der Waals surface area (Å²) < 4.78 is 0. The summed E-state index contributed by atoms with van der Waals surface area (Å²) in [6.45, 7) is 17.3. The summed E-state index contributed by atoms with van der Waals surface area (Å²) in [5, 5.41) is 0. The van der Waals surface area contributed by atoms with E-state index < -0.39 is 10.8 Å². The van der Waals surface area contributed by atoms with Crippen molar-refractivity contribution in [1.82, 2.24) is 4.90 Å². The summed E-state index contributed by atoms with van der Waals surface area (Å²) >= 11 is 0. The molecule has 4 heteroatoms. The number of carbonyl (C=O) groups is 2. The molecule has 0 unspecified atom stereocenters. The second-order valence-corrected chi connectivity index (χ2v) is 7.87. The summed E-state index contributed by atoms with van der Waals surface area (Å²) in [4.78, 5) is 26.7. The van der Waals surface area contributed by atoms with Gasteiger partial charge in [-0.15, -0.1) is 6.54 Å². The quantitative estimate of drug-likeness (QED) is 0.647. The van der Waals surface area contributed by atoms with Crippen molar-refractivity contribution in [3.05, 3.63) is 12.8 Å². The first-order chi connectivity index (χ1) is 9.99. The Kier molecular flexibility index (Phi) is 12.2. The van der Waals surface area contributed by atoms with Gasteiger partial charge in [-0.2, -0.15) is 20.3 Å². The molecule has 0 atom stereocenters.